The fourth-order valence-corrected chi connectivity index (χ4v) is 3.05. The van der Waals surface area contributed by atoms with Crippen molar-refractivity contribution in [2.75, 3.05) is 0 Å². The van der Waals surface area contributed by atoms with Gasteiger partial charge in [0.25, 0.3) is 0 Å². The SMILES string of the molecule is CC(=O)c1c(-c2cccs2)nn(-c2ccccc2)c1C. The average Bonchev–Trinajstić information content (AvgIpc) is 3.06. The lowest BCUT2D eigenvalue weighted by molar-refractivity contribution is 0.101. The summed E-state index contributed by atoms with van der Waals surface area (Å²) in [6.07, 6.45) is 0. The predicted molar refractivity (Wildman–Crippen MR) is 81.6 cm³/mol. The number of carbonyl (C=O) groups is 1. The van der Waals surface area contributed by atoms with E-state index in [2.05, 4.69) is 5.10 Å². The number of hydrogen-bond acceptors (Lipinski definition) is 3. The standard InChI is InChI=1S/C16H14N2OS/c1-11-15(12(2)19)16(14-9-6-10-20-14)17-18(11)13-7-4-3-5-8-13/h3-10H,1-2H3. The average molecular weight is 282 g/mol. The highest BCUT2D eigenvalue weighted by atomic mass is 32.1. The van der Waals surface area contributed by atoms with Gasteiger partial charge in [-0.25, -0.2) is 4.68 Å². The molecule has 0 bridgehead atoms. The largest absolute Gasteiger partial charge is 0.294 e. The Morgan fingerprint density at radius 2 is 1.90 bits per heavy atom. The summed E-state index contributed by atoms with van der Waals surface area (Å²) in [5.74, 6) is 0.0491. The maximum absolute atomic E-state index is 12.0. The molecular formula is C16H14N2OS. The van der Waals surface area contributed by atoms with Crippen LogP contribution in [0.3, 0.4) is 0 Å². The second-order valence-corrected chi connectivity index (χ2v) is 5.54. The first-order chi connectivity index (χ1) is 9.68. The first kappa shape index (κ1) is 12.8. The van der Waals surface area contributed by atoms with Gasteiger partial charge in [-0.1, -0.05) is 24.3 Å². The number of para-hydroxylation sites is 1. The van der Waals surface area contributed by atoms with Crippen molar-refractivity contribution >= 4 is 17.1 Å². The van der Waals surface area contributed by atoms with E-state index in [4.69, 9.17) is 0 Å². The minimum Gasteiger partial charge on any atom is -0.294 e. The smallest absolute Gasteiger partial charge is 0.163 e. The van der Waals surface area contributed by atoms with Crippen LogP contribution in [0.1, 0.15) is 23.0 Å². The van der Waals surface area contributed by atoms with Gasteiger partial charge in [-0.05, 0) is 37.4 Å². The zero-order valence-electron chi connectivity index (χ0n) is 11.3. The first-order valence-corrected chi connectivity index (χ1v) is 7.26. The number of thiophene rings is 1. The van der Waals surface area contributed by atoms with Gasteiger partial charge >= 0.3 is 0 Å². The lowest BCUT2D eigenvalue weighted by Gasteiger charge is -2.03. The van der Waals surface area contributed by atoms with E-state index in [-0.39, 0.29) is 5.78 Å². The molecule has 0 N–H and O–H groups in total. The van der Waals surface area contributed by atoms with Crippen LogP contribution in [0.4, 0.5) is 0 Å². The van der Waals surface area contributed by atoms with E-state index >= 15 is 0 Å². The zero-order chi connectivity index (χ0) is 14.1. The Bertz CT molecular complexity index is 742. The molecule has 2 aromatic heterocycles. The van der Waals surface area contributed by atoms with E-state index < -0.39 is 0 Å². The van der Waals surface area contributed by atoms with Gasteiger partial charge in [0.2, 0.25) is 0 Å². The van der Waals surface area contributed by atoms with Crippen molar-refractivity contribution in [1.29, 1.82) is 0 Å². The second kappa shape index (κ2) is 5.06. The Morgan fingerprint density at radius 1 is 1.15 bits per heavy atom. The molecule has 0 aliphatic carbocycles. The second-order valence-electron chi connectivity index (χ2n) is 4.59. The first-order valence-electron chi connectivity index (χ1n) is 6.38. The van der Waals surface area contributed by atoms with Crippen molar-refractivity contribution < 1.29 is 4.79 Å². The molecule has 3 nitrogen and oxygen atoms in total. The van der Waals surface area contributed by atoms with Crippen LogP contribution in [-0.2, 0) is 0 Å². The summed E-state index contributed by atoms with van der Waals surface area (Å²) in [7, 11) is 0. The highest BCUT2D eigenvalue weighted by Crippen LogP contribution is 2.30. The third-order valence-electron chi connectivity index (χ3n) is 3.22. The van der Waals surface area contributed by atoms with Gasteiger partial charge in [0.15, 0.2) is 5.78 Å². The van der Waals surface area contributed by atoms with Crippen LogP contribution in [-0.4, -0.2) is 15.6 Å². The molecular weight excluding hydrogens is 268 g/mol. The lowest BCUT2D eigenvalue weighted by Crippen LogP contribution is -2.00. The minimum atomic E-state index is 0.0491. The third-order valence-corrected chi connectivity index (χ3v) is 4.10. The van der Waals surface area contributed by atoms with Crippen molar-refractivity contribution in [3.8, 4) is 16.3 Å². The van der Waals surface area contributed by atoms with E-state index in [1.54, 1.807) is 18.3 Å². The Morgan fingerprint density at radius 3 is 2.50 bits per heavy atom. The number of benzene rings is 1. The molecule has 0 amide bonds. The van der Waals surface area contributed by atoms with Gasteiger partial charge < -0.3 is 0 Å². The molecule has 0 unspecified atom stereocenters. The van der Waals surface area contributed by atoms with Crippen molar-refractivity contribution in [3.63, 3.8) is 0 Å². The molecule has 0 saturated heterocycles. The minimum absolute atomic E-state index is 0.0491. The quantitative estimate of drug-likeness (QED) is 0.677. The summed E-state index contributed by atoms with van der Waals surface area (Å²) in [6, 6.07) is 13.8. The van der Waals surface area contributed by atoms with Gasteiger partial charge in [0.05, 0.1) is 21.8 Å². The monoisotopic (exact) mass is 282 g/mol. The molecule has 2 heterocycles. The van der Waals surface area contributed by atoms with Crippen LogP contribution in [0, 0.1) is 6.92 Å². The van der Waals surface area contributed by atoms with E-state index in [1.807, 2.05) is 59.5 Å². The molecule has 1 aromatic carbocycles. The van der Waals surface area contributed by atoms with Crippen molar-refractivity contribution in [2.24, 2.45) is 0 Å². The maximum Gasteiger partial charge on any atom is 0.163 e. The molecule has 100 valence electrons. The Labute approximate surface area is 121 Å². The van der Waals surface area contributed by atoms with Crippen molar-refractivity contribution in [3.05, 3.63) is 59.1 Å². The zero-order valence-corrected chi connectivity index (χ0v) is 12.1. The summed E-state index contributed by atoms with van der Waals surface area (Å²) < 4.78 is 1.84. The number of ketones is 1. The van der Waals surface area contributed by atoms with Crippen molar-refractivity contribution in [2.45, 2.75) is 13.8 Å². The number of nitrogens with zero attached hydrogens (tertiary/aromatic N) is 2. The van der Waals surface area contributed by atoms with Gasteiger partial charge in [-0.3, -0.25) is 4.79 Å². The Balaban J connectivity index is 2.24. The Kier molecular flexibility index (Phi) is 3.24. The lowest BCUT2D eigenvalue weighted by atomic mass is 10.1. The van der Waals surface area contributed by atoms with Gasteiger partial charge in [-0.15, -0.1) is 11.3 Å². The molecule has 0 saturated carbocycles. The van der Waals surface area contributed by atoms with Crippen LogP contribution >= 0.6 is 11.3 Å². The molecule has 0 radical (unpaired) electrons. The molecule has 3 rings (SSSR count). The third kappa shape index (κ3) is 2.08. The summed E-state index contributed by atoms with van der Waals surface area (Å²) in [4.78, 5) is 13.0. The number of hydrogen-bond donors (Lipinski definition) is 0. The predicted octanol–water partition coefficient (Wildman–Crippen LogP) is 4.11. The molecule has 0 fully saturated rings. The van der Waals surface area contributed by atoms with Crippen LogP contribution in [0.15, 0.2) is 47.8 Å². The fraction of sp³-hybridized carbons (Fsp3) is 0.125. The molecule has 0 aliphatic heterocycles. The van der Waals surface area contributed by atoms with Crippen LogP contribution in [0.2, 0.25) is 0 Å². The topological polar surface area (TPSA) is 34.9 Å². The van der Waals surface area contributed by atoms with E-state index in [9.17, 15) is 4.79 Å². The Hall–Kier alpha value is -2.20. The molecule has 3 aromatic rings. The van der Waals surface area contributed by atoms with Gasteiger partial charge in [-0.2, -0.15) is 5.10 Å². The highest BCUT2D eigenvalue weighted by Gasteiger charge is 2.20. The van der Waals surface area contributed by atoms with Gasteiger partial charge in [0, 0.05) is 0 Å². The highest BCUT2D eigenvalue weighted by molar-refractivity contribution is 7.13. The van der Waals surface area contributed by atoms with Crippen LogP contribution in [0.5, 0.6) is 0 Å². The van der Waals surface area contributed by atoms with Crippen molar-refractivity contribution in [1.82, 2.24) is 9.78 Å². The molecule has 20 heavy (non-hydrogen) atoms. The summed E-state index contributed by atoms with van der Waals surface area (Å²) in [6.45, 7) is 3.53. The number of rotatable bonds is 3. The molecule has 0 atom stereocenters. The summed E-state index contributed by atoms with van der Waals surface area (Å²) >= 11 is 1.60. The number of Topliss-reactive ketones (excluding diaryl/α,β-unsaturated/α-hetero) is 1. The summed E-state index contributed by atoms with van der Waals surface area (Å²) in [5.41, 5.74) is 3.33. The van der Waals surface area contributed by atoms with Crippen LogP contribution in [0.25, 0.3) is 16.3 Å². The van der Waals surface area contributed by atoms with E-state index in [0.29, 0.717) is 5.56 Å². The number of aromatic nitrogens is 2. The fourth-order valence-electron chi connectivity index (χ4n) is 2.33. The molecule has 4 heteroatoms. The molecule has 0 aliphatic rings. The molecule has 0 spiro atoms. The summed E-state index contributed by atoms with van der Waals surface area (Å²) in [5, 5.41) is 6.65. The van der Waals surface area contributed by atoms with E-state index in [1.165, 1.54) is 0 Å². The maximum atomic E-state index is 12.0. The van der Waals surface area contributed by atoms with Crippen LogP contribution < -0.4 is 0 Å². The van der Waals surface area contributed by atoms with Gasteiger partial charge in [0.1, 0.15) is 5.69 Å². The van der Waals surface area contributed by atoms with E-state index in [0.717, 1.165) is 22.0 Å². The number of carbonyl (C=O) groups excluding carboxylic acids is 1. The normalized spacial score (nSPS) is 10.7.